The molecule has 2 nitrogen and oxygen atoms in total. The molecule has 0 amide bonds. The summed E-state index contributed by atoms with van der Waals surface area (Å²) in [6, 6.07) is 0. The molecule has 0 unspecified atom stereocenters. The van der Waals surface area contributed by atoms with Gasteiger partial charge in [-0.15, -0.1) is 0 Å². The third-order valence-corrected chi connectivity index (χ3v) is 4.01. The molecule has 0 aromatic heterocycles. The molecule has 164 valence electrons. The summed E-state index contributed by atoms with van der Waals surface area (Å²) < 4.78 is 159. The quantitative estimate of drug-likeness (QED) is 0.364. The van der Waals surface area contributed by atoms with Crippen LogP contribution < -0.4 is 0 Å². The Hall–Kier alpha value is -0.920. The third-order valence-electron chi connectivity index (χ3n) is 4.01. The molecule has 0 fully saturated rings. The molecular weight excluding hydrogens is 416 g/mol. The summed E-state index contributed by atoms with van der Waals surface area (Å²) in [6.45, 7) is -4.86. The van der Waals surface area contributed by atoms with Gasteiger partial charge in [0.05, 0.1) is 19.8 Å². The molecule has 14 heteroatoms. The average Bonchev–Trinajstić information content (AvgIpc) is 2.40. The van der Waals surface area contributed by atoms with E-state index in [1.165, 1.54) is 0 Å². The molecule has 0 radical (unpaired) electrons. The van der Waals surface area contributed by atoms with Gasteiger partial charge in [-0.25, -0.2) is 0 Å². The second-order valence-electron chi connectivity index (χ2n) is 6.07. The van der Waals surface area contributed by atoms with Crippen LogP contribution in [0.2, 0.25) is 0 Å². The van der Waals surface area contributed by atoms with Crippen molar-refractivity contribution in [2.75, 3.05) is 26.4 Å². The topological polar surface area (TPSA) is 18.5 Å². The van der Waals surface area contributed by atoms with E-state index < -0.39 is 68.4 Å². The first-order valence-electron chi connectivity index (χ1n) is 7.13. The monoisotopic (exact) mass is 432 g/mol. The predicted octanol–water partition coefficient (Wildman–Crippen LogP) is 5.67. The van der Waals surface area contributed by atoms with Crippen LogP contribution in [0.1, 0.15) is 20.3 Å². The summed E-state index contributed by atoms with van der Waals surface area (Å²) in [6.07, 6.45) is -24.2. The molecule has 0 aliphatic carbocycles. The summed E-state index contributed by atoms with van der Waals surface area (Å²) in [7, 11) is 0. The lowest BCUT2D eigenvalue weighted by Crippen LogP contribution is -2.51. The van der Waals surface area contributed by atoms with Crippen LogP contribution in [0, 0.1) is 10.8 Å². The van der Waals surface area contributed by atoms with E-state index in [9.17, 15) is 52.7 Å². The molecule has 0 rings (SSSR count). The van der Waals surface area contributed by atoms with Crippen LogP contribution in [0.25, 0.3) is 0 Å². The lowest BCUT2D eigenvalue weighted by Gasteiger charge is -2.34. The van der Waals surface area contributed by atoms with E-state index in [-0.39, 0.29) is 13.8 Å². The van der Waals surface area contributed by atoms with E-state index in [2.05, 4.69) is 9.47 Å². The van der Waals surface area contributed by atoms with E-state index in [0.717, 1.165) is 0 Å². The summed E-state index contributed by atoms with van der Waals surface area (Å²) in [5.74, 6) is 0. The molecule has 0 aromatic rings. The maximum atomic E-state index is 12.6. The zero-order valence-electron chi connectivity index (χ0n) is 13.9. The zero-order valence-corrected chi connectivity index (χ0v) is 13.9. The molecule has 0 spiro atoms. The second kappa shape index (κ2) is 8.21. The van der Waals surface area contributed by atoms with Crippen molar-refractivity contribution in [3.05, 3.63) is 0 Å². The summed E-state index contributed by atoms with van der Waals surface area (Å²) in [5, 5.41) is 0. The number of halogens is 12. The van der Waals surface area contributed by atoms with Gasteiger partial charge in [-0.1, -0.05) is 0 Å². The summed E-state index contributed by atoms with van der Waals surface area (Å²) in [4.78, 5) is 0. The van der Waals surface area contributed by atoms with Crippen LogP contribution in [-0.4, -0.2) is 51.1 Å². The Bertz CT molecular complexity index is 390. The first-order chi connectivity index (χ1) is 11.7. The van der Waals surface area contributed by atoms with Crippen molar-refractivity contribution in [1.29, 1.82) is 0 Å². The largest absolute Gasteiger partial charge is 0.405 e. The fraction of sp³-hybridized carbons (Fsp3) is 1.00. The van der Waals surface area contributed by atoms with Gasteiger partial charge >= 0.3 is 24.7 Å². The Labute approximate surface area is 145 Å². The normalized spacial score (nSPS) is 15.3. The Morgan fingerprint density at radius 1 is 0.481 bits per heavy atom. The minimum atomic E-state index is -5.69. The standard InChI is InChI=1S/C13H16F12O2/c1-8(10(14,15)16,11(17,18)19)3-4-26-5-6-27-7-9(2,12(20,21)22)13(23,24)25/h3-7H2,1-2H3. The number of hydrogen-bond donors (Lipinski definition) is 0. The molecule has 0 aliphatic rings. The Kier molecular flexibility index (Phi) is 7.93. The van der Waals surface area contributed by atoms with Crippen LogP contribution in [-0.2, 0) is 9.47 Å². The maximum Gasteiger partial charge on any atom is 0.405 e. The van der Waals surface area contributed by atoms with E-state index in [4.69, 9.17) is 0 Å². The van der Waals surface area contributed by atoms with Crippen molar-refractivity contribution in [3.63, 3.8) is 0 Å². The molecule has 0 atom stereocenters. The van der Waals surface area contributed by atoms with Gasteiger partial charge < -0.3 is 9.47 Å². The number of rotatable bonds is 8. The van der Waals surface area contributed by atoms with Gasteiger partial charge in [-0.05, 0) is 20.3 Å². The number of ether oxygens (including phenoxy) is 2. The number of hydrogen-bond acceptors (Lipinski definition) is 2. The molecule has 0 heterocycles. The highest BCUT2D eigenvalue weighted by atomic mass is 19.4. The predicted molar refractivity (Wildman–Crippen MR) is 66.7 cm³/mol. The molecular formula is C13H16F12O2. The maximum absolute atomic E-state index is 12.6. The molecule has 0 aromatic carbocycles. The van der Waals surface area contributed by atoms with Crippen LogP contribution in [0.15, 0.2) is 0 Å². The van der Waals surface area contributed by atoms with E-state index in [1.807, 2.05) is 0 Å². The first-order valence-corrected chi connectivity index (χ1v) is 7.13. The lowest BCUT2D eigenvalue weighted by molar-refractivity contribution is -0.345. The van der Waals surface area contributed by atoms with Gasteiger partial charge in [0.25, 0.3) is 0 Å². The first kappa shape index (κ1) is 26.1. The van der Waals surface area contributed by atoms with E-state index >= 15 is 0 Å². The van der Waals surface area contributed by atoms with Crippen LogP contribution in [0.4, 0.5) is 52.7 Å². The molecule has 0 bridgehead atoms. The smallest absolute Gasteiger partial charge is 0.379 e. The highest BCUT2D eigenvalue weighted by Gasteiger charge is 2.68. The number of alkyl halides is 12. The Morgan fingerprint density at radius 2 is 0.815 bits per heavy atom. The van der Waals surface area contributed by atoms with Crippen LogP contribution in [0.3, 0.4) is 0 Å². The Balaban J connectivity index is 4.53. The van der Waals surface area contributed by atoms with Gasteiger partial charge in [-0.3, -0.25) is 0 Å². The van der Waals surface area contributed by atoms with Crippen molar-refractivity contribution >= 4 is 0 Å². The van der Waals surface area contributed by atoms with E-state index in [1.54, 1.807) is 0 Å². The van der Waals surface area contributed by atoms with Crippen molar-refractivity contribution < 1.29 is 62.2 Å². The highest BCUT2D eigenvalue weighted by Crippen LogP contribution is 2.52. The van der Waals surface area contributed by atoms with Gasteiger partial charge in [0, 0.05) is 6.61 Å². The van der Waals surface area contributed by atoms with Crippen molar-refractivity contribution in [1.82, 2.24) is 0 Å². The fourth-order valence-electron chi connectivity index (χ4n) is 1.54. The second-order valence-corrected chi connectivity index (χ2v) is 6.07. The van der Waals surface area contributed by atoms with Crippen LogP contribution >= 0.6 is 0 Å². The zero-order chi connectivity index (χ0) is 21.9. The van der Waals surface area contributed by atoms with Crippen molar-refractivity contribution in [3.8, 4) is 0 Å². The lowest BCUT2D eigenvalue weighted by atomic mass is 9.85. The van der Waals surface area contributed by atoms with Crippen LogP contribution in [0.5, 0.6) is 0 Å². The average molecular weight is 432 g/mol. The SMILES string of the molecule is CC(CCOCCOCC(C)(C(F)(F)F)C(F)(F)F)(C(F)(F)F)C(F)(F)F. The molecule has 0 aliphatic heterocycles. The van der Waals surface area contributed by atoms with Gasteiger partial charge in [-0.2, -0.15) is 52.7 Å². The molecule has 0 saturated heterocycles. The fourth-order valence-corrected chi connectivity index (χ4v) is 1.54. The summed E-state index contributed by atoms with van der Waals surface area (Å²) in [5.41, 5.74) is -8.27. The third kappa shape index (κ3) is 6.03. The Morgan fingerprint density at radius 3 is 1.15 bits per heavy atom. The minimum Gasteiger partial charge on any atom is -0.379 e. The highest BCUT2D eigenvalue weighted by molar-refractivity contribution is 4.90. The molecule has 27 heavy (non-hydrogen) atoms. The summed E-state index contributed by atoms with van der Waals surface area (Å²) >= 11 is 0. The van der Waals surface area contributed by atoms with Gasteiger partial charge in [0.2, 0.25) is 0 Å². The molecule has 0 saturated carbocycles. The van der Waals surface area contributed by atoms with Crippen molar-refractivity contribution in [2.24, 2.45) is 10.8 Å². The van der Waals surface area contributed by atoms with E-state index in [0.29, 0.717) is 0 Å². The van der Waals surface area contributed by atoms with Crippen molar-refractivity contribution in [2.45, 2.75) is 45.0 Å². The van der Waals surface area contributed by atoms with Gasteiger partial charge in [0.15, 0.2) is 10.8 Å². The van der Waals surface area contributed by atoms with Gasteiger partial charge in [0.1, 0.15) is 0 Å². The minimum absolute atomic E-state index is 0.0923. The molecule has 0 N–H and O–H groups in total.